The van der Waals surface area contributed by atoms with E-state index in [1.54, 1.807) is 6.92 Å². The quantitative estimate of drug-likeness (QED) is 0.165. The predicted molar refractivity (Wildman–Crippen MR) is 168 cm³/mol. The molecule has 0 aromatic carbocycles. The number of hydrogen-bond donors (Lipinski definition) is 5. The summed E-state index contributed by atoms with van der Waals surface area (Å²) in [5.41, 5.74) is 0.840. The highest BCUT2D eigenvalue weighted by Crippen LogP contribution is 2.17. The molecule has 0 saturated heterocycles. The van der Waals surface area contributed by atoms with E-state index in [4.69, 9.17) is 4.74 Å². The van der Waals surface area contributed by atoms with Crippen molar-refractivity contribution in [2.45, 2.75) is 112 Å². The molecule has 1 heterocycles. The number of carbonyl (C=O) groups is 4. The van der Waals surface area contributed by atoms with Gasteiger partial charge in [0.2, 0.25) is 17.7 Å². The highest BCUT2D eigenvalue weighted by Gasteiger charge is 2.31. The van der Waals surface area contributed by atoms with Gasteiger partial charge in [-0.05, 0) is 58.1 Å². The first-order chi connectivity index (χ1) is 19.6. The number of aryl methyl sites for hydroxylation is 1. The number of amides is 4. The van der Waals surface area contributed by atoms with Crippen molar-refractivity contribution in [3.63, 3.8) is 0 Å². The van der Waals surface area contributed by atoms with E-state index >= 15 is 0 Å². The van der Waals surface area contributed by atoms with Crippen molar-refractivity contribution in [3.8, 4) is 0 Å². The number of hydrogen-bond acceptors (Lipinski definition) is 9. The third kappa shape index (κ3) is 14.7. The first-order valence-corrected chi connectivity index (χ1v) is 16.8. The molecule has 1 aromatic heterocycles. The largest absolute Gasteiger partial charge is 0.442 e. The van der Waals surface area contributed by atoms with Crippen LogP contribution in [-0.4, -0.2) is 76.2 Å². The zero-order valence-corrected chi connectivity index (χ0v) is 28.1. The van der Waals surface area contributed by atoms with Crippen molar-refractivity contribution in [2.75, 3.05) is 12.0 Å². The lowest BCUT2D eigenvalue weighted by Crippen LogP contribution is -2.54. The molecule has 1 aromatic rings. The summed E-state index contributed by atoms with van der Waals surface area (Å²) in [4.78, 5) is 55.6. The van der Waals surface area contributed by atoms with Crippen LogP contribution in [0, 0.1) is 24.7 Å². The number of alkyl carbamates (subject to hydrolysis) is 1. The fourth-order valence-electron chi connectivity index (χ4n) is 4.27. The molecule has 5 N–H and O–H groups in total. The average Bonchev–Trinajstić information content (AvgIpc) is 3.30. The average molecular weight is 630 g/mol. The third-order valence-electron chi connectivity index (χ3n) is 6.27. The monoisotopic (exact) mass is 629 g/mol. The Labute approximate surface area is 259 Å². The van der Waals surface area contributed by atoms with Gasteiger partial charge in [-0.2, -0.15) is 11.8 Å². The summed E-state index contributed by atoms with van der Waals surface area (Å²) in [6.45, 7) is 15.2. The molecule has 42 heavy (non-hydrogen) atoms. The summed E-state index contributed by atoms with van der Waals surface area (Å²) in [6.07, 6.45) is 1.09. The molecule has 0 spiro atoms. The molecule has 1 unspecified atom stereocenters. The van der Waals surface area contributed by atoms with Crippen molar-refractivity contribution in [1.29, 1.82) is 0 Å². The Bertz CT molecular complexity index is 1000. The highest BCUT2D eigenvalue weighted by atomic mass is 32.2. The standard InChI is InChI=1S/C29H51N5O6S2/c1-16(2)10-21(24(35)12-19(7)26(36)33-22(11-17(3)4)27(37)30-18(5)6)32-28(38)23(15-41-9)34-29(39)40-13-25-31-20(8)14-42-25/h14,16-19,21-24,35H,10-13,15H2,1-9H3,(H,30,37)(H,32,38)(H,33,36)(H,34,39)/t19-,21-,22-,23?,24+/m1/s1. The Kier molecular flexibility index (Phi) is 17.0. The van der Waals surface area contributed by atoms with E-state index in [0.29, 0.717) is 23.6 Å². The number of carbonyl (C=O) groups excluding carboxylic acids is 4. The fraction of sp³-hybridized carbons (Fsp3) is 0.759. The molecule has 13 heteroatoms. The van der Waals surface area contributed by atoms with E-state index in [9.17, 15) is 24.3 Å². The van der Waals surface area contributed by atoms with Gasteiger partial charge in [-0.3, -0.25) is 14.4 Å². The van der Waals surface area contributed by atoms with Crippen molar-refractivity contribution in [1.82, 2.24) is 26.3 Å². The Morgan fingerprint density at radius 2 is 1.50 bits per heavy atom. The summed E-state index contributed by atoms with van der Waals surface area (Å²) >= 11 is 2.77. The fourth-order valence-corrected chi connectivity index (χ4v) is 5.52. The number of thioether (sulfide) groups is 1. The van der Waals surface area contributed by atoms with E-state index in [0.717, 1.165) is 5.69 Å². The Hall–Kier alpha value is -2.38. The van der Waals surface area contributed by atoms with Crippen LogP contribution in [0.5, 0.6) is 0 Å². The molecule has 0 aliphatic rings. The lowest BCUT2D eigenvalue weighted by molar-refractivity contribution is -0.132. The van der Waals surface area contributed by atoms with Crippen LogP contribution in [0.25, 0.3) is 0 Å². The smallest absolute Gasteiger partial charge is 0.408 e. The van der Waals surface area contributed by atoms with Gasteiger partial charge in [0, 0.05) is 28.8 Å². The highest BCUT2D eigenvalue weighted by molar-refractivity contribution is 7.98. The molecule has 0 aliphatic carbocycles. The zero-order valence-electron chi connectivity index (χ0n) is 26.5. The number of rotatable bonds is 18. The Balaban J connectivity index is 2.85. The van der Waals surface area contributed by atoms with Gasteiger partial charge in [0.15, 0.2) is 0 Å². The van der Waals surface area contributed by atoms with Crippen LogP contribution in [0.3, 0.4) is 0 Å². The van der Waals surface area contributed by atoms with Gasteiger partial charge < -0.3 is 31.1 Å². The van der Waals surface area contributed by atoms with Crippen molar-refractivity contribution in [3.05, 3.63) is 16.1 Å². The maximum Gasteiger partial charge on any atom is 0.408 e. The molecule has 0 aliphatic heterocycles. The number of ether oxygens (including phenoxy) is 1. The van der Waals surface area contributed by atoms with Crippen LogP contribution in [0.15, 0.2) is 5.38 Å². The molecule has 5 atom stereocenters. The molecule has 4 amide bonds. The Morgan fingerprint density at radius 3 is 2.02 bits per heavy atom. The molecule has 0 bridgehead atoms. The van der Waals surface area contributed by atoms with Crippen LogP contribution in [0.2, 0.25) is 0 Å². The summed E-state index contributed by atoms with van der Waals surface area (Å²) in [5, 5.41) is 24.9. The van der Waals surface area contributed by atoms with Crippen LogP contribution >= 0.6 is 23.1 Å². The van der Waals surface area contributed by atoms with Gasteiger partial charge in [-0.15, -0.1) is 11.3 Å². The maximum absolute atomic E-state index is 13.2. The van der Waals surface area contributed by atoms with Gasteiger partial charge in [-0.1, -0.05) is 34.6 Å². The van der Waals surface area contributed by atoms with E-state index in [2.05, 4.69) is 26.3 Å². The second-order valence-electron chi connectivity index (χ2n) is 11.9. The number of thiazole rings is 1. The molecule has 240 valence electrons. The summed E-state index contributed by atoms with van der Waals surface area (Å²) in [7, 11) is 0. The van der Waals surface area contributed by atoms with Crippen molar-refractivity contribution >= 4 is 46.9 Å². The summed E-state index contributed by atoms with van der Waals surface area (Å²) in [6, 6.07) is -2.27. The van der Waals surface area contributed by atoms with Gasteiger partial charge in [0.25, 0.3) is 0 Å². The SMILES string of the molecule is CSCC(NC(=O)OCc1nc(C)cs1)C(=O)N[C@H](CC(C)C)[C@@H](O)C[C@@H](C)C(=O)N[C@H](CC(C)C)C(=O)NC(C)C. The van der Waals surface area contributed by atoms with Crippen molar-refractivity contribution < 1.29 is 29.0 Å². The van der Waals surface area contributed by atoms with Gasteiger partial charge in [-0.25, -0.2) is 9.78 Å². The number of aromatic nitrogens is 1. The van der Waals surface area contributed by atoms with Gasteiger partial charge in [0.05, 0.1) is 12.1 Å². The van der Waals surface area contributed by atoms with Crippen LogP contribution in [-0.2, 0) is 25.7 Å². The first kappa shape index (κ1) is 37.6. The second kappa shape index (κ2) is 19.0. The molecule has 0 radical (unpaired) electrons. The Morgan fingerprint density at radius 1 is 0.881 bits per heavy atom. The minimum Gasteiger partial charge on any atom is -0.442 e. The van der Waals surface area contributed by atoms with Crippen LogP contribution < -0.4 is 21.3 Å². The molecule has 11 nitrogen and oxygen atoms in total. The lowest BCUT2D eigenvalue weighted by atomic mass is 9.92. The normalized spacial score (nSPS) is 15.1. The number of nitrogens with zero attached hydrogens (tertiary/aromatic N) is 1. The van der Waals surface area contributed by atoms with Crippen LogP contribution in [0.1, 0.15) is 78.4 Å². The summed E-state index contributed by atoms with van der Waals surface area (Å²) in [5.74, 6) is -1.01. The number of aliphatic hydroxyl groups is 1. The predicted octanol–water partition coefficient (Wildman–Crippen LogP) is 3.38. The van der Waals surface area contributed by atoms with Crippen molar-refractivity contribution in [2.24, 2.45) is 17.8 Å². The third-order valence-corrected chi connectivity index (χ3v) is 7.87. The van der Waals surface area contributed by atoms with Gasteiger partial charge in [0.1, 0.15) is 23.7 Å². The minimum absolute atomic E-state index is 0.00371. The molecular weight excluding hydrogens is 578 g/mol. The van der Waals surface area contributed by atoms with E-state index in [-0.39, 0.29) is 42.7 Å². The minimum atomic E-state index is -1.03. The van der Waals surface area contributed by atoms with E-state index in [1.165, 1.54) is 23.1 Å². The van der Waals surface area contributed by atoms with E-state index in [1.807, 2.05) is 60.1 Å². The number of aliphatic hydroxyl groups excluding tert-OH is 1. The molecular formula is C29H51N5O6S2. The van der Waals surface area contributed by atoms with Gasteiger partial charge >= 0.3 is 6.09 Å². The van der Waals surface area contributed by atoms with E-state index < -0.39 is 42.1 Å². The summed E-state index contributed by atoms with van der Waals surface area (Å²) < 4.78 is 5.24. The molecule has 0 saturated carbocycles. The van der Waals surface area contributed by atoms with Crippen LogP contribution in [0.4, 0.5) is 4.79 Å². The molecule has 0 fully saturated rings. The topological polar surface area (TPSA) is 159 Å². The lowest BCUT2D eigenvalue weighted by Gasteiger charge is -2.29. The zero-order chi connectivity index (χ0) is 32.0. The number of nitrogens with one attached hydrogen (secondary N) is 4. The maximum atomic E-state index is 13.2. The second-order valence-corrected chi connectivity index (χ2v) is 13.8. The first-order valence-electron chi connectivity index (χ1n) is 14.5. The molecule has 1 rings (SSSR count).